The fraction of sp³-hybridized carbons (Fsp3) is 0.909. The molecule has 1 heterocycles. The van der Waals surface area contributed by atoms with Crippen molar-refractivity contribution in [3.05, 3.63) is 0 Å². The van der Waals surface area contributed by atoms with E-state index in [0.29, 0.717) is 5.92 Å². The van der Waals surface area contributed by atoms with E-state index in [-0.39, 0.29) is 11.9 Å². The van der Waals surface area contributed by atoms with E-state index in [9.17, 15) is 4.79 Å². The van der Waals surface area contributed by atoms with Crippen molar-refractivity contribution in [1.82, 2.24) is 4.90 Å². The van der Waals surface area contributed by atoms with Gasteiger partial charge in [-0.2, -0.15) is 0 Å². The Kier molecular flexibility index (Phi) is 4.39. The summed E-state index contributed by atoms with van der Waals surface area (Å²) >= 11 is 0. The highest BCUT2D eigenvalue weighted by Gasteiger charge is 2.27. The Balaban J connectivity index is 2.38. The van der Waals surface area contributed by atoms with Gasteiger partial charge in [-0.1, -0.05) is 26.7 Å². The summed E-state index contributed by atoms with van der Waals surface area (Å²) in [5, 5.41) is 0. The highest BCUT2D eigenvalue weighted by molar-refractivity contribution is 5.81. The van der Waals surface area contributed by atoms with E-state index < -0.39 is 0 Å². The number of carbonyl (C=O) groups excluding carboxylic acids is 1. The average Bonchev–Trinajstić information content (AvgIpc) is 2.65. The van der Waals surface area contributed by atoms with Crippen LogP contribution in [0.1, 0.15) is 39.5 Å². The van der Waals surface area contributed by atoms with E-state index >= 15 is 0 Å². The number of carbonyl (C=O) groups is 1. The first-order chi connectivity index (χ1) is 6.69. The van der Waals surface area contributed by atoms with Gasteiger partial charge in [0, 0.05) is 13.1 Å². The lowest BCUT2D eigenvalue weighted by molar-refractivity contribution is -0.131. The van der Waals surface area contributed by atoms with Crippen LogP contribution < -0.4 is 5.73 Å². The maximum Gasteiger partial charge on any atom is 0.239 e. The lowest BCUT2D eigenvalue weighted by atomic mass is 10.1. The Hall–Kier alpha value is -0.570. The standard InChI is InChI=1S/C11H22N2O/c1-3-5-10(12)11(14)13-7-6-9(4-2)8-13/h9-10H,3-8,12H2,1-2H3/t9?,10-/m1/s1. The number of rotatable bonds is 4. The fourth-order valence-corrected chi connectivity index (χ4v) is 2.04. The molecule has 0 aromatic heterocycles. The molecule has 1 amide bonds. The van der Waals surface area contributed by atoms with Gasteiger partial charge in [0.1, 0.15) is 0 Å². The molecule has 3 nitrogen and oxygen atoms in total. The Morgan fingerprint density at radius 3 is 2.79 bits per heavy atom. The van der Waals surface area contributed by atoms with Crippen LogP contribution in [0.5, 0.6) is 0 Å². The van der Waals surface area contributed by atoms with Crippen molar-refractivity contribution in [1.29, 1.82) is 0 Å². The molecule has 0 aliphatic carbocycles. The highest BCUT2D eigenvalue weighted by Crippen LogP contribution is 2.19. The van der Waals surface area contributed by atoms with Gasteiger partial charge >= 0.3 is 0 Å². The predicted octanol–water partition coefficient (Wildman–Crippen LogP) is 1.37. The van der Waals surface area contributed by atoms with Crippen molar-refractivity contribution in [2.45, 2.75) is 45.6 Å². The van der Waals surface area contributed by atoms with Gasteiger partial charge in [-0.25, -0.2) is 0 Å². The highest BCUT2D eigenvalue weighted by atomic mass is 16.2. The summed E-state index contributed by atoms with van der Waals surface area (Å²) in [7, 11) is 0. The van der Waals surface area contributed by atoms with Crippen LogP contribution in [0.15, 0.2) is 0 Å². The molecule has 1 aliphatic rings. The molecule has 1 unspecified atom stereocenters. The van der Waals surface area contributed by atoms with Crippen molar-refractivity contribution in [2.24, 2.45) is 11.7 Å². The summed E-state index contributed by atoms with van der Waals surface area (Å²) in [5.41, 5.74) is 5.80. The second kappa shape index (κ2) is 5.35. The molecule has 2 atom stereocenters. The molecule has 2 N–H and O–H groups in total. The van der Waals surface area contributed by atoms with E-state index in [1.165, 1.54) is 6.42 Å². The van der Waals surface area contributed by atoms with Crippen molar-refractivity contribution in [3.63, 3.8) is 0 Å². The van der Waals surface area contributed by atoms with Crippen LogP contribution in [0.25, 0.3) is 0 Å². The quantitative estimate of drug-likeness (QED) is 0.741. The fourth-order valence-electron chi connectivity index (χ4n) is 2.04. The molecule has 0 aromatic carbocycles. The first-order valence-corrected chi connectivity index (χ1v) is 5.73. The zero-order valence-corrected chi connectivity index (χ0v) is 9.33. The first kappa shape index (κ1) is 11.5. The topological polar surface area (TPSA) is 46.3 Å². The van der Waals surface area contributed by atoms with Crippen molar-refractivity contribution in [2.75, 3.05) is 13.1 Å². The molecule has 0 saturated carbocycles. The largest absolute Gasteiger partial charge is 0.341 e. The van der Waals surface area contributed by atoms with Crippen LogP contribution in [0.2, 0.25) is 0 Å². The Bertz CT molecular complexity index is 194. The molecule has 0 spiro atoms. The van der Waals surface area contributed by atoms with Gasteiger partial charge in [0.05, 0.1) is 6.04 Å². The average molecular weight is 198 g/mol. The second-order valence-electron chi connectivity index (χ2n) is 4.24. The SMILES string of the molecule is CCC[C@@H](N)C(=O)N1CCC(CC)C1. The minimum atomic E-state index is -0.268. The minimum Gasteiger partial charge on any atom is -0.341 e. The molecule has 1 fully saturated rings. The van der Waals surface area contributed by atoms with E-state index in [1.54, 1.807) is 0 Å². The number of likely N-dealkylation sites (tertiary alicyclic amines) is 1. The molecule has 82 valence electrons. The Morgan fingerprint density at radius 1 is 1.57 bits per heavy atom. The van der Waals surface area contributed by atoms with Gasteiger partial charge in [0.25, 0.3) is 0 Å². The monoisotopic (exact) mass is 198 g/mol. The van der Waals surface area contributed by atoms with E-state index in [4.69, 9.17) is 5.73 Å². The third-order valence-electron chi connectivity index (χ3n) is 3.09. The van der Waals surface area contributed by atoms with Crippen LogP contribution >= 0.6 is 0 Å². The van der Waals surface area contributed by atoms with Crippen LogP contribution in [0.3, 0.4) is 0 Å². The number of hydrogen-bond acceptors (Lipinski definition) is 2. The molecular weight excluding hydrogens is 176 g/mol. The molecular formula is C11H22N2O. The maximum absolute atomic E-state index is 11.8. The summed E-state index contributed by atoms with van der Waals surface area (Å²) in [6.07, 6.45) is 4.12. The second-order valence-corrected chi connectivity index (χ2v) is 4.24. The summed E-state index contributed by atoms with van der Waals surface area (Å²) in [6.45, 7) is 6.08. The van der Waals surface area contributed by atoms with Crippen LogP contribution in [0.4, 0.5) is 0 Å². The Morgan fingerprint density at radius 2 is 2.29 bits per heavy atom. The molecule has 0 radical (unpaired) electrons. The first-order valence-electron chi connectivity index (χ1n) is 5.73. The lowest BCUT2D eigenvalue weighted by Gasteiger charge is -2.20. The van der Waals surface area contributed by atoms with Gasteiger partial charge in [-0.05, 0) is 18.8 Å². The molecule has 3 heteroatoms. The van der Waals surface area contributed by atoms with Crippen molar-refractivity contribution in [3.8, 4) is 0 Å². The van der Waals surface area contributed by atoms with Crippen LogP contribution in [-0.4, -0.2) is 29.9 Å². The summed E-state index contributed by atoms with van der Waals surface area (Å²) in [6, 6.07) is -0.268. The predicted molar refractivity (Wildman–Crippen MR) is 57.9 cm³/mol. The third-order valence-corrected chi connectivity index (χ3v) is 3.09. The van der Waals surface area contributed by atoms with Gasteiger partial charge < -0.3 is 10.6 Å². The smallest absolute Gasteiger partial charge is 0.239 e. The van der Waals surface area contributed by atoms with Crippen LogP contribution in [-0.2, 0) is 4.79 Å². The molecule has 0 aromatic rings. The lowest BCUT2D eigenvalue weighted by Crippen LogP contribution is -2.42. The molecule has 14 heavy (non-hydrogen) atoms. The van der Waals surface area contributed by atoms with Gasteiger partial charge in [-0.3, -0.25) is 4.79 Å². The van der Waals surface area contributed by atoms with Crippen molar-refractivity contribution >= 4 is 5.91 Å². The summed E-state index contributed by atoms with van der Waals surface area (Å²) in [5.74, 6) is 0.857. The van der Waals surface area contributed by atoms with Crippen molar-refractivity contribution < 1.29 is 4.79 Å². The van der Waals surface area contributed by atoms with Crippen LogP contribution in [0, 0.1) is 5.92 Å². The Labute approximate surface area is 86.6 Å². The summed E-state index contributed by atoms with van der Waals surface area (Å²) in [4.78, 5) is 13.7. The molecule has 1 saturated heterocycles. The molecule has 0 bridgehead atoms. The molecule has 1 aliphatic heterocycles. The zero-order chi connectivity index (χ0) is 10.6. The number of nitrogens with zero attached hydrogens (tertiary/aromatic N) is 1. The number of amides is 1. The van der Waals surface area contributed by atoms with Gasteiger partial charge in [-0.15, -0.1) is 0 Å². The third kappa shape index (κ3) is 2.71. The van der Waals surface area contributed by atoms with E-state index in [0.717, 1.165) is 32.4 Å². The van der Waals surface area contributed by atoms with E-state index in [2.05, 4.69) is 13.8 Å². The molecule has 1 rings (SSSR count). The normalized spacial score (nSPS) is 23.9. The van der Waals surface area contributed by atoms with Gasteiger partial charge in [0.2, 0.25) is 5.91 Å². The maximum atomic E-state index is 11.8. The number of nitrogens with two attached hydrogens (primary N) is 1. The summed E-state index contributed by atoms with van der Waals surface area (Å²) < 4.78 is 0. The zero-order valence-electron chi connectivity index (χ0n) is 9.33. The van der Waals surface area contributed by atoms with Gasteiger partial charge in [0.15, 0.2) is 0 Å². The minimum absolute atomic E-state index is 0.155. The number of hydrogen-bond donors (Lipinski definition) is 1. The van der Waals surface area contributed by atoms with E-state index in [1.807, 2.05) is 4.90 Å².